The first-order valence-electron chi connectivity index (χ1n) is 10.9. The lowest BCUT2D eigenvalue weighted by atomic mass is 9.62. The van der Waals surface area contributed by atoms with Gasteiger partial charge in [0.25, 0.3) is 0 Å². The van der Waals surface area contributed by atoms with Crippen molar-refractivity contribution in [3.05, 3.63) is 0 Å². The zero-order valence-corrected chi connectivity index (χ0v) is 15.1. The fourth-order valence-corrected chi connectivity index (χ4v) is 11.6. The first-order chi connectivity index (χ1) is 12.1. The van der Waals surface area contributed by atoms with Gasteiger partial charge in [-0.05, 0) is 84.9 Å². The van der Waals surface area contributed by atoms with Gasteiger partial charge in [0.15, 0.2) is 6.29 Å². The summed E-state index contributed by atoms with van der Waals surface area (Å²) in [5.41, 5.74) is 0.134. The number of aldehydes is 1. The third-order valence-electron chi connectivity index (χ3n) is 11.5. The summed E-state index contributed by atoms with van der Waals surface area (Å²) in [6.07, 6.45) is 7.30. The first-order valence-corrected chi connectivity index (χ1v) is 10.9. The molecule has 3 nitrogen and oxygen atoms in total. The molecule has 8 aliphatic rings. The molecule has 2 heterocycles. The lowest BCUT2D eigenvalue weighted by molar-refractivity contribution is -0.302. The molecule has 0 aromatic heterocycles. The average Bonchev–Trinajstić information content (AvgIpc) is 3.32. The van der Waals surface area contributed by atoms with Crippen LogP contribution in [0.3, 0.4) is 0 Å². The van der Waals surface area contributed by atoms with Gasteiger partial charge in [-0.25, -0.2) is 0 Å². The quantitative estimate of drug-likeness (QED) is 0.688. The number of hydrogen-bond donors (Lipinski definition) is 0. The van der Waals surface area contributed by atoms with E-state index < -0.39 is 0 Å². The molecule has 134 valence electrons. The van der Waals surface area contributed by atoms with Gasteiger partial charge in [0.05, 0.1) is 12.2 Å². The van der Waals surface area contributed by atoms with Crippen LogP contribution in [0.15, 0.2) is 0 Å². The van der Waals surface area contributed by atoms with Gasteiger partial charge in [-0.2, -0.15) is 0 Å². The van der Waals surface area contributed by atoms with Crippen molar-refractivity contribution in [1.29, 1.82) is 0 Å². The van der Waals surface area contributed by atoms with Crippen LogP contribution in [0.4, 0.5) is 0 Å². The number of hydrogen-bond acceptors (Lipinski definition) is 3. The zero-order valence-electron chi connectivity index (χ0n) is 15.1. The fraction of sp³-hybridized carbons (Fsp3) is 0.955. The van der Waals surface area contributed by atoms with Crippen LogP contribution in [0, 0.1) is 70.0 Å². The molecule has 0 unspecified atom stereocenters. The molecule has 8 rings (SSSR count). The Hall–Kier alpha value is -0.410. The van der Waals surface area contributed by atoms with Gasteiger partial charge in [-0.15, -0.1) is 0 Å². The largest absolute Gasteiger partial charge is 0.349 e. The van der Waals surface area contributed by atoms with Crippen LogP contribution in [0.2, 0.25) is 0 Å². The van der Waals surface area contributed by atoms with E-state index in [-0.39, 0.29) is 17.1 Å². The molecule has 25 heavy (non-hydrogen) atoms. The molecular formula is C22H28O3. The summed E-state index contributed by atoms with van der Waals surface area (Å²) in [6.45, 7) is 4.92. The van der Waals surface area contributed by atoms with Crippen molar-refractivity contribution in [3.8, 4) is 0 Å². The Balaban J connectivity index is 1.48. The van der Waals surface area contributed by atoms with Crippen molar-refractivity contribution in [1.82, 2.24) is 0 Å². The van der Waals surface area contributed by atoms with E-state index in [9.17, 15) is 4.79 Å². The van der Waals surface area contributed by atoms with Gasteiger partial charge < -0.3 is 14.3 Å². The Bertz CT molecular complexity index is 720. The lowest BCUT2D eigenvalue weighted by Gasteiger charge is -2.52. The Morgan fingerprint density at radius 2 is 1.36 bits per heavy atom. The molecule has 6 saturated carbocycles. The highest BCUT2D eigenvalue weighted by atomic mass is 16.7. The zero-order chi connectivity index (χ0) is 16.5. The van der Waals surface area contributed by atoms with E-state index in [1.165, 1.54) is 32.0 Å². The van der Waals surface area contributed by atoms with E-state index in [4.69, 9.17) is 9.47 Å². The van der Waals surface area contributed by atoms with Crippen LogP contribution < -0.4 is 0 Å². The van der Waals surface area contributed by atoms with Crippen LogP contribution in [0.25, 0.3) is 0 Å². The molecular weight excluding hydrogens is 312 g/mol. The smallest absolute Gasteiger partial charge is 0.164 e. The first kappa shape index (κ1) is 13.7. The van der Waals surface area contributed by atoms with Crippen molar-refractivity contribution in [2.45, 2.75) is 58.0 Å². The predicted molar refractivity (Wildman–Crippen MR) is 89.2 cm³/mol. The van der Waals surface area contributed by atoms with Crippen LogP contribution in [-0.2, 0) is 14.3 Å². The van der Waals surface area contributed by atoms with Crippen LogP contribution >= 0.6 is 0 Å². The molecule has 2 saturated heterocycles. The van der Waals surface area contributed by atoms with Crippen molar-refractivity contribution < 1.29 is 14.3 Å². The molecule has 3 heteroatoms. The lowest BCUT2D eigenvalue weighted by Crippen LogP contribution is -2.55. The van der Waals surface area contributed by atoms with E-state index in [0.29, 0.717) is 30.0 Å². The maximum Gasteiger partial charge on any atom is 0.164 e. The predicted octanol–water partition coefficient (Wildman–Crippen LogP) is 3.13. The number of fused-ring (bicyclic) bond motifs is 1. The second kappa shape index (κ2) is 3.63. The van der Waals surface area contributed by atoms with Gasteiger partial charge in [0, 0.05) is 10.8 Å². The summed E-state index contributed by atoms with van der Waals surface area (Å²) in [5.74, 6) is 7.30. The number of carbonyl (C=O) groups is 1. The van der Waals surface area contributed by atoms with E-state index in [1.807, 2.05) is 0 Å². The minimum absolute atomic E-state index is 0.0492. The molecule has 0 amide bonds. The average molecular weight is 340 g/mol. The van der Waals surface area contributed by atoms with Crippen molar-refractivity contribution >= 4 is 6.29 Å². The van der Waals surface area contributed by atoms with Crippen molar-refractivity contribution in [2.24, 2.45) is 70.0 Å². The van der Waals surface area contributed by atoms with E-state index >= 15 is 0 Å². The van der Waals surface area contributed by atoms with Crippen molar-refractivity contribution in [3.63, 3.8) is 0 Å². The van der Waals surface area contributed by atoms with Crippen LogP contribution in [0.5, 0.6) is 0 Å². The maximum absolute atomic E-state index is 12.6. The molecule has 0 spiro atoms. The topological polar surface area (TPSA) is 35.5 Å². The third-order valence-corrected chi connectivity index (χ3v) is 11.5. The summed E-state index contributed by atoms with van der Waals surface area (Å²) in [5, 5.41) is 0. The van der Waals surface area contributed by atoms with Gasteiger partial charge in [0.1, 0.15) is 6.29 Å². The Morgan fingerprint density at radius 3 is 2.04 bits per heavy atom. The molecule has 2 aliphatic heterocycles. The van der Waals surface area contributed by atoms with Crippen LogP contribution in [0.1, 0.15) is 39.5 Å². The summed E-state index contributed by atoms with van der Waals surface area (Å²) in [6, 6.07) is 0. The SMILES string of the molecule is C[C@@]1(C=O)[C@H]2[C@@H]3[C@H]4[C@H]1[C@@H]1CC[C@@H]5O[C@@H]6O[C@H]7CC[C@@H]([C@@H]27)[C@H]3[C@@]6(C)[C@H]4[C@@H]15. The molecule has 4 bridgehead atoms. The second-order valence-corrected chi connectivity index (χ2v) is 11.4. The highest BCUT2D eigenvalue weighted by molar-refractivity contribution is 5.63. The molecule has 8 fully saturated rings. The highest BCUT2D eigenvalue weighted by Gasteiger charge is 2.86. The summed E-state index contributed by atoms with van der Waals surface area (Å²) in [7, 11) is 0. The molecule has 15 atom stereocenters. The number of rotatable bonds is 1. The number of carbonyl (C=O) groups excluding carboxylic acids is 1. The molecule has 0 N–H and O–H groups in total. The molecule has 6 aliphatic carbocycles. The standard InChI is InChI=1S/C22H28O3/c1-21(7-23)16-8-3-5-11-13(8)19-14(16)15-17-9-4-6-10(12(9)18(15)21)24-20(25-11)22(17,19)2/h7-20H,3-6H2,1-2H3/t8-,9+,10+,11+,12-,13+,14+,15-,16-,17-,18-,19+,20+,21+,22+/m1/s1. The van der Waals surface area contributed by atoms with E-state index in [2.05, 4.69) is 13.8 Å². The van der Waals surface area contributed by atoms with Crippen LogP contribution in [-0.4, -0.2) is 24.8 Å². The summed E-state index contributed by atoms with van der Waals surface area (Å²) < 4.78 is 13.6. The van der Waals surface area contributed by atoms with E-state index in [1.54, 1.807) is 0 Å². The normalized spacial score (nSPS) is 77.9. The maximum atomic E-state index is 12.6. The minimum atomic E-state index is -0.0932. The van der Waals surface area contributed by atoms with Crippen molar-refractivity contribution in [2.75, 3.05) is 0 Å². The Kier molecular flexibility index (Phi) is 1.99. The van der Waals surface area contributed by atoms with E-state index in [0.717, 1.165) is 41.4 Å². The fourth-order valence-electron chi connectivity index (χ4n) is 11.6. The third kappa shape index (κ3) is 1.04. The van der Waals surface area contributed by atoms with Gasteiger partial charge in [-0.3, -0.25) is 0 Å². The molecule has 0 aromatic rings. The minimum Gasteiger partial charge on any atom is -0.349 e. The summed E-state index contributed by atoms with van der Waals surface area (Å²) >= 11 is 0. The number of ether oxygens (including phenoxy) is 2. The second-order valence-electron chi connectivity index (χ2n) is 11.4. The molecule has 0 aromatic carbocycles. The van der Waals surface area contributed by atoms with Gasteiger partial charge in [0.2, 0.25) is 0 Å². The Morgan fingerprint density at radius 1 is 0.760 bits per heavy atom. The monoisotopic (exact) mass is 340 g/mol. The molecule has 0 radical (unpaired) electrons. The Labute approximate surface area is 149 Å². The highest BCUT2D eigenvalue weighted by Crippen LogP contribution is 2.87. The van der Waals surface area contributed by atoms with Gasteiger partial charge in [-0.1, -0.05) is 13.8 Å². The summed E-state index contributed by atoms with van der Waals surface area (Å²) in [4.78, 5) is 12.6. The van der Waals surface area contributed by atoms with Gasteiger partial charge >= 0.3 is 0 Å².